The summed E-state index contributed by atoms with van der Waals surface area (Å²) in [6.45, 7) is 3.21. The number of carbonyl (C=O) groups is 1. The number of guanidine groups is 1. The molecule has 1 amide bonds. The van der Waals surface area contributed by atoms with Crippen LogP contribution in [0.5, 0.6) is 0 Å². The number of likely N-dealkylation sites (N-methyl/N-ethyl adjacent to an activating group) is 1. The van der Waals surface area contributed by atoms with Crippen LogP contribution < -0.4 is 10.6 Å². The van der Waals surface area contributed by atoms with Gasteiger partial charge in [0.1, 0.15) is 6.54 Å². The molecule has 1 rings (SSSR count). The van der Waals surface area contributed by atoms with E-state index in [0.717, 1.165) is 18.9 Å². The van der Waals surface area contributed by atoms with Crippen molar-refractivity contribution in [2.24, 2.45) is 4.99 Å². The molecule has 0 saturated heterocycles. The number of hydrogen-bond acceptors (Lipinski definition) is 2. The van der Waals surface area contributed by atoms with E-state index in [1.807, 2.05) is 0 Å². The Balaban J connectivity index is 0.00000361. The van der Waals surface area contributed by atoms with Gasteiger partial charge in [0, 0.05) is 26.7 Å². The first kappa shape index (κ1) is 19.5. The lowest BCUT2D eigenvalue weighted by Crippen LogP contribution is -2.45. The molecular weight excluding hydrogens is 367 g/mol. The molecule has 0 aliphatic heterocycles. The molecule has 1 aliphatic rings. The fourth-order valence-electron chi connectivity index (χ4n) is 2.12. The minimum Gasteiger partial charge on any atom is -0.356 e. The molecule has 1 aliphatic carbocycles. The Labute approximate surface area is 140 Å². The monoisotopic (exact) mass is 396 g/mol. The summed E-state index contributed by atoms with van der Waals surface area (Å²) >= 11 is 0. The van der Waals surface area contributed by atoms with E-state index in [1.165, 1.54) is 32.1 Å². The number of rotatable bonds is 5. The number of nitrogens with zero attached hydrogens (tertiary/aromatic N) is 2. The summed E-state index contributed by atoms with van der Waals surface area (Å²) in [6, 6.07) is 0.506. The number of aliphatic imine (C=N–C) groups is 1. The van der Waals surface area contributed by atoms with Crippen LogP contribution in [-0.4, -0.2) is 50.0 Å². The fourth-order valence-corrected chi connectivity index (χ4v) is 2.12. The van der Waals surface area contributed by atoms with Crippen molar-refractivity contribution < 1.29 is 4.79 Å². The lowest BCUT2D eigenvalue weighted by atomic mass is 9.96. The number of nitrogens with one attached hydrogen (secondary N) is 2. The largest absolute Gasteiger partial charge is 0.356 e. The summed E-state index contributed by atoms with van der Waals surface area (Å²) in [5.74, 6) is 0.810. The van der Waals surface area contributed by atoms with Gasteiger partial charge in [-0.1, -0.05) is 26.2 Å². The third-order valence-electron chi connectivity index (χ3n) is 3.36. The van der Waals surface area contributed by atoms with Gasteiger partial charge in [-0.15, -0.1) is 24.0 Å². The average Bonchev–Trinajstić information content (AvgIpc) is 2.42. The van der Waals surface area contributed by atoms with E-state index in [9.17, 15) is 4.79 Å². The standard InChI is InChI=1S/C14H28N4O.HI/c1-4-10-15-14(16-11-13(19)18(2)3)17-12-8-6-5-7-9-12;/h12H,4-11H2,1-3H3,(H2,15,16,17);1H. The van der Waals surface area contributed by atoms with Crippen LogP contribution in [0.25, 0.3) is 0 Å². The molecule has 20 heavy (non-hydrogen) atoms. The number of amides is 1. The third kappa shape index (κ3) is 7.91. The maximum absolute atomic E-state index is 11.6. The minimum atomic E-state index is 0. The molecule has 118 valence electrons. The van der Waals surface area contributed by atoms with Crippen LogP contribution in [0.4, 0.5) is 0 Å². The SMILES string of the molecule is CCCNC(=NCC(=O)N(C)C)NC1CCCCC1.I. The lowest BCUT2D eigenvalue weighted by molar-refractivity contribution is -0.127. The highest BCUT2D eigenvalue weighted by Gasteiger charge is 2.14. The van der Waals surface area contributed by atoms with Gasteiger partial charge in [0.25, 0.3) is 0 Å². The molecule has 0 radical (unpaired) electrons. The fraction of sp³-hybridized carbons (Fsp3) is 0.857. The third-order valence-corrected chi connectivity index (χ3v) is 3.36. The van der Waals surface area contributed by atoms with Gasteiger partial charge in [0.15, 0.2) is 5.96 Å². The van der Waals surface area contributed by atoms with Gasteiger partial charge in [-0.25, -0.2) is 4.99 Å². The summed E-state index contributed by atoms with van der Waals surface area (Å²) in [7, 11) is 3.51. The van der Waals surface area contributed by atoms with Crippen LogP contribution in [-0.2, 0) is 4.79 Å². The maximum atomic E-state index is 11.6. The normalized spacial score (nSPS) is 16.2. The second kappa shape index (κ2) is 11.2. The molecule has 0 unspecified atom stereocenters. The molecule has 0 heterocycles. The zero-order chi connectivity index (χ0) is 14.1. The van der Waals surface area contributed by atoms with Crippen molar-refractivity contribution in [3.8, 4) is 0 Å². The Morgan fingerprint density at radius 2 is 1.90 bits per heavy atom. The maximum Gasteiger partial charge on any atom is 0.243 e. The van der Waals surface area contributed by atoms with Crippen molar-refractivity contribution in [3.05, 3.63) is 0 Å². The number of hydrogen-bond donors (Lipinski definition) is 2. The summed E-state index contributed by atoms with van der Waals surface area (Å²) < 4.78 is 0. The van der Waals surface area contributed by atoms with Gasteiger partial charge in [0.2, 0.25) is 5.91 Å². The second-order valence-corrected chi connectivity index (χ2v) is 5.36. The molecule has 2 N–H and O–H groups in total. The average molecular weight is 396 g/mol. The summed E-state index contributed by atoms with van der Waals surface area (Å²) in [5.41, 5.74) is 0. The zero-order valence-electron chi connectivity index (χ0n) is 12.9. The second-order valence-electron chi connectivity index (χ2n) is 5.36. The lowest BCUT2D eigenvalue weighted by Gasteiger charge is -2.25. The smallest absolute Gasteiger partial charge is 0.243 e. The van der Waals surface area contributed by atoms with Crippen LogP contribution >= 0.6 is 24.0 Å². The van der Waals surface area contributed by atoms with E-state index >= 15 is 0 Å². The molecule has 1 fully saturated rings. The topological polar surface area (TPSA) is 56.7 Å². The Morgan fingerprint density at radius 3 is 2.45 bits per heavy atom. The van der Waals surface area contributed by atoms with Gasteiger partial charge < -0.3 is 15.5 Å². The Morgan fingerprint density at radius 1 is 1.25 bits per heavy atom. The zero-order valence-corrected chi connectivity index (χ0v) is 15.3. The molecule has 1 saturated carbocycles. The Bertz CT molecular complexity index is 302. The first-order valence-corrected chi connectivity index (χ1v) is 7.38. The molecule has 0 bridgehead atoms. The van der Waals surface area contributed by atoms with Crippen molar-refractivity contribution >= 4 is 35.8 Å². The van der Waals surface area contributed by atoms with Crippen molar-refractivity contribution in [1.29, 1.82) is 0 Å². The van der Waals surface area contributed by atoms with Crippen molar-refractivity contribution in [2.45, 2.75) is 51.5 Å². The molecular formula is C14H29IN4O. The minimum absolute atomic E-state index is 0. The predicted octanol–water partition coefficient (Wildman–Crippen LogP) is 1.97. The predicted molar refractivity (Wildman–Crippen MR) is 94.7 cm³/mol. The van der Waals surface area contributed by atoms with Gasteiger partial charge in [-0.3, -0.25) is 4.79 Å². The van der Waals surface area contributed by atoms with Crippen molar-refractivity contribution in [1.82, 2.24) is 15.5 Å². The van der Waals surface area contributed by atoms with E-state index in [2.05, 4.69) is 22.5 Å². The van der Waals surface area contributed by atoms with Crippen molar-refractivity contribution in [2.75, 3.05) is 27.2 Å². The molecule has 0 aromatic carbocycles. The molecule has 5 nitrogen and oxygen atoms in total. The van der Waals surface area contributed by atoms with Crippen LogP contribution in [0.3, 0.4) is 0 Å². The van der Waals surface area contributed by atoms with Gasteiger partial charge in [-0.05, 0) is 19.3 Å². The van der Waals surface area contributed by atoms with Gasteiger partial charge in [0.05, 0.1) is 0 Å². The van der Waals surface area contributed by atoms with E-state index in [-0.39, 0.29) is 36.4 Å². The molecule has 0 aromatic rings. The van der Waals surface area contributed by atoms with Crippen LogP contribution in [0, 0.1) is 0 Å². The van der Waals surface area contributed by atoms with E-state index < -0.39 is 0 Å². The summed E-state index contributed by atoms with van der Waals surface area (Å²) in [5, 5.41) is 6.73. The van der Waals surface area contributed by atoms with Crippen molar-refractivity contribution in [3.63, 3.8) is 0 Å². The Hall–Kier alpha value is -0.530. The van der Waals surface area contributed by atoms with Gasteiger partial charge >= 0.3 is 0 Å². The van der Waals surface area contributed by atoms with Crippen LogP contribution in [0.15, 0.2) is 4.99 Å². The van der Waals surface area contributed by atoms with E-state index in [0.29, 0.717) is 6.04 Å². The number of carbonyl (C=O) groups excluding carboxylic acids is 1. The summed E-state index contributed by atoms with van der Waals surface area (Å²) in [4.78, 5) is 17.5. The van der Waals surface area contributed by atoms with Crippen LogP contribution in [0.1, 0.15) is 45.4 Å². The quantitative estimate of drug-likeness (QED) is 0.425. The summed E-state index contributed by atoms with van der Waals surface area (Å²) in [6.07, 6.45) is 7.37. The Kier molecular flexibility index (Phi) is 10.9. The highest BCUT2D eigenvalue weighted by Crippen LogP contribution is 2.17. The first-order valence-electron chi connectivity index (χ1n) is 7.38. The number of halogens is 1. The van der Waals surface area contributed by atoms with Gasteiger partial charge in [-0.2, -0.15) is 0 Å². The van der Waals surface area contributed by atoms with E-state index in [1.54, 1.807) is 19.0 Å². The van der Waals surface area contributed by atoms with Crippen LogP contribution in [0.2, 0.25) is 0 Å². The first-order chi connectivity index (χ1) is 9.13. The highest BCUT2D eigenvalue weighted by atomic mass is 127. The molecule has 0 atom stereocenters. The van der Waals surface area contributed by atoms with E-state index in [4.69, 9.17) is 0 Å². The molecule has 6 heteroatoms. The molecule has 0 aromatic heterocycles. The highest BCUT2D eigenvalue weighted by molar-refractivity contribution is 14.0. The molecule has 0 spiro atoms.